The molecule has 0 atom stereocenters. The van der Waals surface area contributed by atoms with Crippen LogP contribution >= 0.6 is 11.6 Å². The maximum absolute atomic E-state index is 5.72. The Morgan fingerprint density at radius 1 is 1.13 bits per heavy atom. The van der Waals surface area contributed by atoms with Crippen LogP contribution in [0.5, 0.6) is 0 Å². The zero-order valence-electron chi connectivity index (χ0n) is 8.70. The normalized spacial score (nSPS) is 12.0. The molecule has 0 amide bonds. The third-order valence-electron chi connectivity index (χ3n) is 2.60. The Hall–Kier alpha value is -1.27. The van der Waals surface area contributed by atoms with Crippen LogP contribution in [-0.2, 0) is 0 Å². The van der Waals surface area contributed by atoms with E-state index in [4.69, 9.17) is 11.6 Å². The first-order valence-corrected chi connectivity index (χ1v) is 5.57. The van der Waals surface area contributed by atoms with Crippen molar-refractivity contribution in [2.45, 2.75) is 6.92 Å². The Morgan fingerprint density at radius 3 is 2.67 bits per heavy atom. The van der Waals surface area contributed by atoms with Crippen molar-refractivity contribution < 1.29 is 0 Å². The molecule has 0 unspecified atom stereocenters. The summed E-state index contributed by atoms with van der Waals surface area (Å²) in [5.41, 5.74) is 2.51. The maximum atomic E-state index is 5.72. The van der Waals surface area contributed by atoms with Crippen molar-refractivity contribution >= 4 is 27.9 Å². The monoisotopic (exact) mass is 216 g/mol. The number of hydrogen-bond donors (Lipinski definition) is 0. The number of rotatable bonds is 2. The van der Waals surface area contributed by atoms with Crippen LogP contribution in [-0.4, -0.2) is 5.88 Å². The molecule has 0 saturated heterocycles. The molecule has 2 aromatic rings. The molecule has 0 aliphatic heterocycles. The molecule has 15 heavy (non-hydrogen) atoms. The first kappa shape index (κ1) is 10.3. The number of benzene rings is 2. The molecule has 0 saturated carbocycles. The predicted molar refractivity (Wildman–Crippen MR) is 68.3 cm³/mol. The molecule has 2 rings (SSSR count). The van der Waals surface area contributed by atoms with Gasteiger partial charge in [-0.2, -0.15) is 0 Å². The molecule has 0 nitrogen and oxygen atoms in total. The summed E-state index contributed by atoms with van der Waals surface area (Å²) in [4.78, 5) is 0. The highest BCUT2D eigenvalue weighted by atomic mass is 35.5. The van der Waals surface area contributed by atoms with Gasteiger partial charge < -0.3 is 0 Å². The molecule has 2 aromatic carbocycles. The van der Waals surface area contributed by atoms with Gasteiger partial charge in [0.1, 0.15) is 0 Å². The number of alkyl halides is 1. The van der Waals surface area contributed by atoms with Gasteiger partial charge in [-0.05, 0) is 28.8 Å². The van der Waals surface area contributed by atoms with E-state index >= 15 is 0 Å². The van der Waals surface area contributed by atoms with Crippen molar-refractivity contribution in [2.24, 2.45) is 0 Å². The molecular formula is C14H13Cl. The summed E-state index contributed by atoms with van der Waals surface area (Å²) in [6.45, 7) is 2.10. The molecule has 0 bridgehead atoms. The van der Waals surface area contributed by atoms with Crippen molar-refractivity contribution in [1.82, 2.24) is 0 Å². The summed E-state index contributed by atoms with van der Waals surface area (Å²) in [6.07, 6.45) is 2.04. The van der Waals surface area contributed by atoms with E-state index in [0.717, 1.165) is 0 Å². The minimum absolute atomic E-state index is 0.565. The topological polar surface area (TPSA) is 0 Å². The summed E-state index contributed by atoms with van der Waals surface area (Å²) in [5, 5.41) is 2.57. The summed E-state index contributed by atoms with van der Waals surface area (Å²) < 4.78 is 0. The van der Waals surface area contributed by atoms with Crippen LogP contribution in [0, 0.1) is 0 Å². The predicted octanol–water partition coefficient (Wildman–Crippen LogP) is 4.48. The van der Waals surface area contributed by atoms with Crippen LogP contribution in [0.25, 0.3) is 16.3 Å². The summed E-state index contributed by atoms with van der Waals surface area (Å²) in [6, 6.07) is 14.8. The molecule has 0 aliphatic rings. The van der Waals surface area contributed by atoms with Crippen LogP contribution in [0.4, 0.5) is 0 Å². The standard InChI is InChI=1S/C14H13Cl/c1-11(9-10-15)13-8-4-6-12-5-2-3-7-14(12)13/h2-9H,10H2,1H3. The average Bonchev–Trinajstić information content (AvgIpc) is 2.28. The van der Waals surface area contributed by atoms with E-state index in [1.54, 1.807) is 0 Å². The van der Waals surface area contributed by atoms with Crippen LogP contribution < -0.4 is 0 Å². The molecule has 0 N–H and O–H groups in total. The average molecular weight is 217 g/mol. The van der Waals surface area contributed by atoms with E-state index in [1.807, 2.05) is 6.08 Å². The molecule has 0 aromatic heterocycles. The third-order valence-corrected chi connectivity index (χ3v) is 2.75. The van der Waals surface area contributed by atoms with Gasteiger partial charge in [0.05, 0.1) is 0 Å². The molecule has 76 valence electrons. The highest BCUT2D eigenvalue weighted by molar-refractivity contribution is 6.19. The van der Waals surface area contributed by atoms with Gasteiger partial charge in [-0.25, -0.2) is 0 Å². The lowest BCUT2D eigenvalue weighted by Crippen LogP contribution is -1.83. The summed E-state index contributed by atoms with van der Waals surface area (Å²) >= 11 is 5.72. The van der Waals surface area contributed by atoms with E-state index in [1.165, 1.54) is 21.9 Å². The minimum Gasteiger partial charge on any atom is -0.122 e. The SMILES string of the molecule is CC(=CCCl)c1cccc2ccccc12. The Morgan fingerprint density at radius 2 is 1.87 bits per heavy atom. The molecule has 0 fully saturated rings. The second-order valence-electron chi connectivity index (χ2n) is 3.57. The van der Waals surface area contributed by atoms with Gasteiger partial charge in [-0.1, -0.05) is 48.5 Å². The summed E-state index contributed by atoms with van der Waals surface area (Å²) in [7, 11) is 0. The second-order valence-corrected chi connectivity index (χ2v) is 3.88. The molecule has 0 spiro atoms. The minimum atomic E-state index is 0.565. The lowest BCUT2D eigenvalue weighted by atomic mass is 9.99. The Bertz CT molecular complexity index is 492. The lowest BCUT2D eigenvalue weighted by Gasteiger charge is -2.06. The zero-order chi connectivity index (χ0) is 10.7. The van der Waals surface area contributed by atoms with Crippen LogP contribution in [0.1, 0.15) is 12.5 Å². The van der Waals surface area contributed by atoms with Crippen LogP contribution in [0.15, 0.2) is 48.5 Å². The quantitative estimate of drug-likeness (QED) is 0.650. The van der Waals surface area contributed by atoms with Gasteiger partial charge in [0.25, 0.3) is 0 Å². The third kappa shape index (κ3) is 2.05. The molecule has 0 radical (unpaired) electrons. The fourth-order valence-electron chi connectivity index (χ4n) is 1.79. The number of hydrogen-bond acceptors (Lipinski definition) is 0. The fourth-order valence-corrected chi connectivity index (χ4v) is 2.03. The van der Waals surface area contributed by atoms with Crippen LogP contribution in [0.2, 0.25) is 0 Å². The van der Waals surface area contributed by atoms with E-state index in [0.29, 0.717) is 5.88 Å². The first-order valence-electron chi connectivity index (χ1n) is 5.04. The summed E-state index contributed by atoms with van der Waals surface area (Å²) in [5.74, 6) is 0.565. The number of allylic oxidation sites excluding steroid dienone is 2. The highest BCUT2D eigenvalue weighted by Gasteiger charge is 2.00. The van der Waals surface area contributed by atoms with Crippen molar-refractivity contribution in [3.8, 4) is 0 Å². The van der Waals surface area contributed by atoms with E-state index in [9.17, 15) is 0 Å². The smallest absolute Gasteiger partial charge is 0.0409 e. The van der Waals surface area contributed by atoms with Crippen LogP contribution in [0.3, 0.4) is 0 Å². The van der Waals surface area contributed by atoms with Crippen molar-refractivity contribution in [2.75, 3.05) is 5.88 Å². The van der Waals surface area contributed by atoms with E-state index < -0.39 is 0 Å². The maximum Gasteiger partial charge on any atom is 0.0409 e. The van der Waals surface area contributed by atoms with E-state index in [2.05, 4.69) is 49.4 Å². The Labute approximate surface area is 95.2 Å². The van der Waals surface area contributed by atoms with Gasteiger partial charge in [0.2, 0.25) is 0 Å². The van der Waals surface area contributed by atoms with E-state index in [-0.39, 0.29) is 0 Å². The first-order chi connectivity index (χ1) is 7.33. The largest absolute Gasteiger partial charge is 0.122 e. The van der Waals surface area contributed by atoms with Gasteiger partial charge >= 0.3 is 0 Å². The van der Waals surface area contributed by atoms with Gasteiger partial charge in [-0.3, -0.25) is 0 Å². The van der Waals surface area contributed by atoms with Gasteiger partial charge in [-0.15, -0.1) is 11.6 Å². The Kier molecular flexibility index (Phi) is 3.08. The highest BCUT2D eigenvalue weighted by Crippen LogP contribution is 2.24. The Balaban J connectivity index is 2.66. The molecule has 0 heterocycles. The molecule has 0 aliphatic carbocycles. The second kappa shape index (κ2) is 4.50. The van der Waals surface area contributed by atoms with Crippen molar-refractivity contribution in [3.05, 3.63) is 54.1 Å². The zero-order valence-corrected chi connectivity index (χ0v) is 9.46. The van der Waals surface area contributed by atoms with Crippen molar-refractivity contribution in [3.63, 3.8) is 0 Å². The number of fused-ring (bicyclic) bond motifs is 1. The van der Waals surface area contributed by atoms with Gasteiger partial charge in [0, 0.05) is 5.88 Å². The molecular weight excluding hydrogens is 204 g/mol. The lowest BCUT2D eigenvalue weighted by molar-refractivity contribution is 1.58. The van der Waals surface area contributed by atoms with Crippen molar-refractivity contribution in [1.29, 1.82) is 0 Å². The molecule has 1 heteroatoms. The fraction of sp³-hybridized carbons (Fsp3) is 0.143. The number of halogens is 1. The van der Waals surface area contributed by atoms with Gasteiger partial charge in [0.15, 0.2) is 0 Å².